The van der Waals surface area contributed by atoms with Gasteiger partial charge in [0.25, 0.3) is 0 Å². The van der Waals surface area contributed by atoms with Gasteiger partial charge in [0.05, 0.1) is 6.04 Å². The first kappa shape index (κ1) is 6.85. The summed E-state index contributed by atoms with van der Waals surface area (Å²) < 4.78 is 4.78. The number of hydrogen-bond donors (Lipinski definition) is 1. The largest absolute Gasteiger partial charge is 0.364 e. The predicted molar refractivity (Wildman–Crippen MR) is 41.1 cm³/mol. The van der Waals surface area contributed by atoms with Gasteiger partial charge in [0.15, 0.2) is 0 Å². The van der Waals surface area contributed by atoms with Crippen LogP contribution in [0.25, 0.3) is 0 Å². The van der Waals surface area contributed by atoms with Crippen LogP contribution in [-0.4, -0.2) is 11.7 Å². The molecule has 2 heterocycles. The molecule has 0 aliphatic carbocycles. The first-order chi connectivity index (χ1) is 5.47. The Morgan fingerprint density at radius 2 is 2.55 bits per heavy atom. The SMILES string of the molecule is c1cc(C2CCCCN2)no1. The van der Waals surface area contributed by atoms with Crippen LogP contribution in [0.15, 0.2) is 16.9 Å². The second-order valence-corrected chi connectivity index (χ2v) is 2.93. The Morgan fingerprint density at radius 1 is 1.55 bits per heavy atom. The van der Waals surface area contributed by atoms with Crippen molar-refractivity contribution in [1.29, 1.82) is 0 Å². The zero-order valence-electron chi connectivity index (χ0n) is 6.42. The molecule has 0 bridgehead atoms. The van der Waals surface area contributed by atoms with Crippen molar-refractivity contribution in [2.75, 3.05) is 6.54 Å². The third-order valence-corrected chi connectivity index (χ3v) is 2.13. The van der Waals surface area contributed by atoms with Gasteiger partial charge in [0.1, 0.15) is 12.0 Å². The molecule has 0 saturated carbocycles. The minimum atomic E-state index is 0.433. The molecule has 1 aliphatic heterocycles. The van der Waals surface area contributed by atoms with Crippen molar-refractivity contribution in [1.82, 2.24) is 10.5 Å². The van der Waals surface area contributed by atoms with Gasteiger partial charge in [-0.2, -0.15) is 0 Å². The lowest BCUT2D eigenvalue weighted by molar-refractivity contribution is 0.364. The molecule has 1 aliphatic rings. The highest BCUT2D eigenvalue weighted by molar-refractivity contribution is 5.03. The van der Waals surface area contributed by atoms with Crippen LogP contribution in [0.1, 0.15) is 31.0 Å². The molecule has 11 heavy (non-hydrogen) atoms. The number of piperidine rings is 1. The molecule has 60 valence electrons. The minimum Gasteiger partial charge on any atom is -0.364 e. The van der Waals surface area contributed by atoms with Crippen LogP contribution in [0.4, 0.5) is 0 Å². The highest BCUT2D eigenvalue weighted by atomic mass is 16.5. The van der Waals surface area contributed by atoms with E-state index in [4.69, 9.17) is 4.52 Å². The molecule has 1 saturated heterocycles. The van der Waals surface area contributed by atoms with Crippen LogP contribution in [-0.2, 0) is 0 Å². The van der Waals surface area contributed by atoms with E-state index >= 15 is 0 Å². The molecule has 1 aromatic heterocycles. The summed E-state index contributed by atoms with van der Waals surface area (Å²) >= 11 is 0. The molecule has 1 aromatic rings. The zero-order chi connectivity index (χ0) is 7.52. The first-order valence-electron chi connectivity index (χ1n) is 4.10. The summed E-state index contributed by atoms with van der Waals surface area (Å²) in [5.41, 5.74) is 1.05. The summed E-state index contributed by atoms with van der Waals surface area (Å²) in [6, 6.07) is 2.37. The van der Waals surface area contributed by atoms with Crippen molar-refractivity contribution < 1.29 is 4.52 Å². The lowest BCUT2D eigenvalue weighted by atomic mass is 10.0. The lowest BCUT2D eigenvalue weighted by Crippen LogP contribution is -2.26. The second kappa shape index (κ2) is 3.05. The zero-order valence-corrected chi connectivity index (χ0v) is 6.42. The fourth-order valence-corrected chi connectivity index (χ4v) is 1.51. The van der Waals surface area contributed by atoms with E-state index in [1.807, 2.05) is 6.07 Å². The van der Waals surface area contributed by atoms with Crippen LogP contribution >= 0.6 is 0 Å². The Balaban J connectivity index is 2.04. The van der Waals surface area contributed by atoms with Gasteiger partial charge in [-0.25, -0.2) is 0 Å². The highest BCUT2D eigenvalue weighted by Gasteiger charge is 2.16. The summed E-state index contributed by atoms with van der Waals surface area (Å²) in [7, 11) is 0. The van der Waals surface area contributed by atoms with Crippen LogP contribution in [0, 0.1) is 0 Å². The number of rotatable bonds is 1. The van der Waals surface area contributed by atoms with Gasteiger partial charge in [0, 0.05) is 6.07 Å². The Kier molecular flexibility index (Phi) is 1.90. The van der Waals surface area contributed by atoms with E-state index in [0.717, 1.165) is 12.2 Å². The van der Waals surface area contributed by atoms with Crippen LogP contribution < -0.4 is 5.32 Å². The summed E-state index contributed by atoms with van der Waals surface area (Å²) in [5.74, 6) is 0. The van der Waals surface area contributed by atoms with E-state index in [1.165, 1.54) is 19.3 Å². The fraction of sp³-hybridized carbons (Fsp3) is 0.625. The average Bonchev–Trinajstić information content (AvgIpc) is 2.58. The van der Waals surface area contributed by atoms with Gasteiger partial charge in [-0.3, -0.25) is 0 Å². The van der Waals surface area contributed by atoms with Crippen molar-refractivity contribution in [3.63, 3.8) is 0 Å². The normalized spacial score (nSPS) is 25.3. The predicted octanol–water partition coefficient (Wildman–Crippen LogP) is 1.49. The first-order valence-corrected chi connectivity index (χ1v) is 4.10. The summed E-state index contributed by atoms with van der Waals surface area (Å²) in [5, 5.41) is 7.30. The van der Waals surface area contributed by atoms with E-state index in [9.17, 15) is 0 Å². The molecule has 0 spiro atoms. The molecule has 1 atom stereocenters. The smallest absolute Gasteiger partial charge is 0.124 e. The molecule has 0 aromatic carbocycles. The van der Waals surface area contributed by atoms with Gasteiger partial charge in [-0.15, -0.1) is 0 Å². The highest BCUT2D eigenvalue weighted by Crippen LogP contribution is 2.20. The third kappa shape index (κ3) is 1.43. The second-order valence-electron chi connectivity index (χ2n) is 2.93. The quantitative estimate of drug-likeness (QED) is 0.662. The number of nitrogens with zero attached hydrogens (tertiary/aromatic N) is 1. The van der Waals surface area contributed by atoms with Gasteiger partial charge in [-0.1, -0.05) is 11.6 Å². The van der Waals surface area contributed by atoms with Crippen LogP contribution in [0.5, 0.6) is 0 Å². The molecule has 1 N–H and O–H groups in total. The summed E-state index contributed by atoms with van der Waals surface area (Å²) in [4.78, 5) is 0. The Bertz CT molecular complexity index is 202. The maximum absolute atomic E-state index is 4.78. The van der Waals surface area contributed by atoms with E-state index in [1.54, 1.807) is 6.26 Å². The lowest BCUT2D eigenvalue weighted by Gasteiger charge is -2.20. The van der Waals surface area contributed by atoms with E-state index < -0.39 is 0 Å². The Labute approximate surface area is 65.8 Å². The van der Waals surface area contributed by atoms with Crippen molar-refractivity contribution in [2.24, 2.45) is 0 Å². The van der Waals surface area contributed by atoms with Crippen molar-refractivity contribution in [3.8, 4) is 0 Å². The molecule has 2 rings (SSSR count). The molecule has 0 radical (unpaired) electrons. The van der Waals surface area contributed by atoms with E-state index in [0.29, 0.717) is 6.04 Å². The van der Waals surface area contributed by atoms with Crippen molar-refractivity contribution >= 4 is 0 Å². The monoisotopic (exact) mass is 152 g/mol. The number of hydrogen-bond acceptors (Lipinski definition) is 3. The van der Waals surface area contributed by atoms with E-state index in [2.05, 4.69) is 10.5 Å². The van der Waals surface area contributed by atoms with Crippen molar-refractivity contribution in [2.45, 2.75) is 25.3 Å². The van der Waals surface area contributed by atoms with Gasteiger partial charge in [0.2, 0.25) is 0 Å². The van der Waals surface area contributed by atoms with Gasteiger partial charge < -0.3 is 9.84 Å². The number of nitrogens with one attached hydrogen (secondary N) is 1. The topological polar surface area (TPSA) is 38.1 Å². The molecule has 3 heteroatoms. The van der Waals surface area contributed by atoms with Crippen LogP contribution in [0.3, 0.4) is 0 Å². The Morgan fingerprint density at radius 3 is 3.18 bits per heavy atom. The summed E-state index contributed by atoms with van der Waals surface area (Å²) in [6.45, 7) is 1.11. The minimum absolute atomic E-state index is 0.433. The standard InChI is InChI=1S/C8H12N2O/c1-2-5-9-7(3-1)8-4-6-11-10-8/h4,6-7,9H,1-3,5H2. The van der Waals surface area contributed by atoms with Crippen molar-refractivity contribution in [3.05, 3.63) is 18.0 Å². The maximum atomic E-state index is 4.78. The average molecular weight is 152 g/mol. The number of aromatic nitrogens is 1. The molecular weight excluding hydrogens is 140 g/mol. The van der Waals surface area contributed by atoms with E-state index in [-0.39, 0.29) is 0 Å². The van der Waals surface area contributed by atoms with Gasteiger partial charge in [-0.05, 0) is 19.4 Å². The van der Waals surface area contributed by atoms with Gasteiger partial charge >= 0.3 is 0 Å². The van der Waals surface area contributed by atoms with Crippen LogP contribution in [0.2, 0.25) is 0 Å². The molecule has 1 unspecified atom stereocenters. The summed E-state index contributed by atoms with van der Waals surface area (Å²) in [6.07, 6.45) is 5.40. The molecule has 1 fully saturated rings. The molecule has 0 amide bonds. The Hall–Kier alpha value is -0.830. The fourth-order valence-electron chi connectivity index (χ4n) is 1.51. The maximum Gasteiger partial charge on any atom is 0.124 e. The molecular formula is C8H12N2O. The molecule has 3 nitrogen and oxygen atoms in total. The third-order valence-electron chi connectivity index (χ3n) is 2.13.